The lowest BCUT2D eigenvalue weighted by atomic mass is 9.81. The Labute approximate surface area is 109 Å². The van der Waals surface area contributed by atoms with Crippen molar-refractivity contribution in [1.82, 2.24) is 5.32 Å². The van der Waals surface area contributed by atoms with Gasteiger partial charge in [-0.25, -0.2) is 4.39 Å². The standard InChI is InChI=1S/C15H22FNO/c1-10(2)15(4,5)9-17-14(18)12-7-6-11(3)8-13(12)16/h6-8,10H,9H2,1-5H3,(H,17,18). The first kappa shape index (κ1) is 14.7. The average Bonchev–Trinajstić information content (AvgIpc) is 2.25. The molecule has 0 unspecified atom stereocenters. The van der Waals surface area contributed by atoms with Gasteiger partial charge in [-0.2, -0.15) is 0 Å². The molecule has 0 spiro atoms. The van der Waals surface area contributed by atoms with Crippen molar-refractivity contribution in [2.75, 3.05) is 6.54 Å². The molecular formula is C15H22FNO. The topological polar surface area (TPSA) is 29.1 Å². The molecule has 0 saturated heterocycles. The molecule has 1 amide bonds. The van der Waals surface area contributed by atoms with Crippen molar-refractivity contribution in [2.24, 2.45) is 11.3 Å². The van der Waals surface area contributed by atoms with Gasteiger partial charge in [-0.1, -0.05) is 33.8 Å². The second-order valence-corrected chi connectivity index (χ2v) is 5.81. The summed E-state index contributed by atoms with van der Waals surface area (Å²) in [6.45, 7) is 10.7. The minimum Gasteiger partial charge on any atom is -0.351 e. The van der Waals surface area contributed by atoms with Crippen LogP contribution in [0.3, 0.4) is 0 Å². The summed E-state index contributed by atoms with van der Waals surface area (Å²) >= 11 is 0. The maximum atomic E-state index is 13.6. The molecule has 0 saturated carbocycles. The summed E-state index contributed by atoms with van der Waals surface area (Å²) in [4.78, 5) is 11.9. The number of aryl methyl sites for hydroxylation is 1. The van der Waals surface area contributed by atoms with Gasteiger partial charge in [-0.05, 0) is 36.0 Å². The molecule has 1 aromatic rings. The van der Waals surface area contributed by atoms with Gasteiger partial charge in [0.15, 0.2) is 0 Å². The third-order valence-electron chi connectivity index (χ3n) is 3.64. The highest BCUT2D eigenvalue weighted by atomic mass is 19.1. The van der Waals surface area contributed by atoms with Crippen molar-refractivity contribution in [3.05, 3.63) is 35.1 Å². The molecule has 18 heavy (non-hydrogen) atoms. The van der Waals surface area contributed by atoms with E-state index in [2.05, 4.69) is 33.0 Å². The van der Waals surface area contributed by atoms with Crippen molar-refractivity contribution < 1.29 is 9.18 Å². The SMILES string of the molecule is Cc1ccc(C(=O)NCC(C)(C)C(C)C)c(F)c1. The maximum absolute atomic E-state index is 13.6. The second kappa shape index (κ2) is 5.51. The number of carbonyl (C=O) groups excluding carboxylic acids is 1. The van der Waals surface area contributed by atoms with Gasteiger partial charge in [0, 0.05) is 6.54 Å². The Morgan fingerprint density at radius 3 is 2.50 bits per heavy atom. The minimum atomic E-state index is -0.463. The van der Waals surface area contributed by atoms with E-state index >= 15 is 0 Å². The van der Waals surface area contributed by atoms with E-state index in [1.54, 1.807) is 13.0 Å². The molecular weight excluding hydrogens is 229 g/mol. The number of amides is 1. The molecule has 1 rings (SSSR count). The van der Waals surface area contributed by atoms with Gasteiger partial charge in [0.2, 0.25) is 0 Å². The molecule has 0 aliphatic carbocycles. The predicted octanol–water partition coefficient (Wildman–Crippen LogP) is 3.55. The molecule has 0 radical (unpaired) electrons. The monoisotopic (exact) mass is 251 g/mol. The third kappa shape index (κ3) is 3.56. The van der Waals surface area contributed by atoms with Crippen molar-refractivity contribution in [3.63, 3.8) is 0 Å². The van der Waals surface area contributed by atoms with E-state index in [9.17, 15) is 9.18 Å². The quantitative estimate of drug-likeness (QED) is 0.871. The molecule has 0 fully saturated rings. The molecule has 100 valence electrons. The number of nitrogens with one attached hydrogen (secondary N) is 1. The van der Waals surface area contributed by atoms with Crippen molar-refractivity contribution >= 4 is 5.91 Å². The van der Waals surface area contributed by atoms with E-state index in [1.165, 1.54) is 12.1 Å². The first-order valence-corrected chi connectivity index (χ1v) is 6.28. The van der Waals surface area contributed by atoms with Gasteiger partial charge in [0.1, 0.15) is 5.82 Å². The summed E-state index contributed by atoms with van der Waals surface area (Å²) in [6, 6.07) is 4.65. The predicted molar refractivity (Wildman–Crippen MR) is 72.1 cm³/mol. The molecule has 0 heterocycles. The van der Waals surface area contributed by atoms with E-state index in [4.69, 9.17) is 0 Å². The Balaban J connectivity index is 2.72. The third-order valence-corrected chi connectivity index (χ3v) is 3.64. The summed E-state index contributed by atoms with van der Waals surface area (Å²) in [5.41, 5.74) is 0.920. The minimum absolute atomic E-state index is 0.00314. The number of carbonyl (C=O) groups is 1. The molecule has 0 aromatic heterocycles. The van der Waals surface area contributed by atoms with Crippen LogP contribution in [0.4, 0.5) is 4.39 Å². The van der Waals surface area contributed by atoms with Crippen LogP contribution in [0, 0.1) is 24.1 Å². The summed E-state index contributed by atoms with van der Waals surface area (Å²) < 4.78 is 13.6. The van der Waals surface area contributed by atoms with Gasteiger partial charge in [0.25, 0.3) is 5.91 Å². The molecule has 0 aliphatic rings. The lowest BCUT2D eigenvalue weighted by Crippen LogP contribution is -2.37. The lowest BCUT2D eigenvalue weighted by Gasteiger charge is -2.29. The highest BCUT2D eigenvalue weighted by molar-refractivity contribution is 5.94. The smallest absolute Gasteiger partial charge is 0.254 e. The van der Waals surface area contributed by atoms with Crippen LogP contribution in [0.15, 0.2) is 18.2 Å². The molecule has 3 heteroatoms. The normalized spacial score (nSPS) is 11.7. The van der Waals surface area contributed by atoms with Crippen LogP contribution in [-0.4, -0.2) is 12.5 Å². The Hall–Kier alpha value is -1.38. The Kier molecular flexibility index (Phi) is 4.49. The van der Waals surface area contributed by atoms with E-state index in [0.717, 1.165) is 5.56 Å². The highest BCUT2D eigenvalue weighted by Gasteiger charge is 2.23. The summed E-state index contributed by atoms with van der Waals surface area (Å²) in [7, 11) is 0. The number of hydrogen-bond donors (Lipinski definition) is 1. The maximum Gasteiger partial charge on any atom is 0.254 e. The second-order valence-electron chi connectivity index (χ2n) is 5.81. The van der Waals surface area contributed by atoms with Gasteiger partial charge in [0.05, 0.1) is 5.56 Å². The first-order valence-electron chi connectivity index (χ1n) is 6.28. The van der Waals surface area contributed by atoms with Gasteiger partial charge in [-0.15, -0.1) is 0 Å². The summed E-state index contributed by atoms with van der Waals surface area (Å²) in [5, 5.41) is 2.80. The zero-order chi connectivity index (χ0) is 13.9. The lowest BCUT2D eigenvalue weighted by molar-refractivity contribution is 0.0920. The van der Waals surface area contributed by atoms with Crippen LogP contribution >= 0.6 is 0 Å². The molecule has 0 aliphatic heterocycles. The molecule has 0 bridgehead atoms. The fourth-order valence-electron chi connectivity index (χ4n) is 1.41. The Morgan fingerprint density at radius 2 is 2.00 bits per heavy atom. The highest BCUT2D eigenvalue weighted by Crippen LogP contribution is 2.24. The van der Waals surface area contributed by atoms with Gasteiger partial charge >= 0.3 is 0 Å². The van der Waals surface area contributed by atoms with Crippen LogP contribution in [-0.2, 0) is 0 Å². The van der Waals surface area contributed by atoms with Gasteiger partial charge in [-0.3, -0.25) is 4.79 Å². The summed E-state index contributed by atoms with van der Waals surface area (Å²) in [6.07, 6.45) is 0. The van der Waals surface area contributed by atoms with Crippen LogP contribution in [0.5, 0.6) is 0 Å². The van der Waals surface area contributed by atoms with Crippen LogP contribution in [0.2, 0.25) is 0 Å². The van der Waals surface area contributed by atoms with Gasteiger partial charge < -0.3 is 5.32 Å². The van der Waals surface area contributed by atoms with Crippen LogP contribution in [0.25, 0.3) is 0 Å². The number of rotatable bonds is 4. The number of benzene rings is 1. The van der Waals surface area contributed by atoms with E-state index < -0.39 is 5.82 Å². The fourth-order valence-corrected chi connectivity index (χ4v) is 1.41. The van der Waals surface area contributed by atoms with Crippen molar-refractivity contribution in [2.45, 2.75) is 34.6 Å². The number of halogens is 1. The first-order chi connectivity index (χ1) is 8.24. The van der Waals surface area contributed by atoms with Crippen LogP contribution in [0.1, 0.15) is 43.6 Å². The fraction of sp³-hybridized carbons (Fsp3) is 0.533. The largest absolute Gasteiger partial charge is 0.351 e. The van der Waals surface area contributed by atoms with E-state index in [1.807, 2.05) is 0 Å². The van der Waals surface area contributed by atoms with Crippen LogP contribution < -0.4 is 5.32 Å². The zero-order valence-corrected chi connectivity index (χ0v) is 11.8. The molecule has 2 nitrogen and oxygen atoms in total. The van der Waals surface area contributed by atoms with Crippen molar-refractivity contribution in [1.29, 1.82) is 0 Å². The average molecular weight is 251 g/mol. The Bertz CT molecular complexity index is 438. The van der Waals surface area contributed by atoms with Crippen molar-refractivity contribution in [3.8, 4) is 0 Å². The molecule has 0 atom stereocenters. The molecule has 1 N–H and O–H groups in total. The van der Waals surface area contributed by atoms with E-state index in [-0.39, 0.29) is 16.9 Å². The Morgan fingerprint density at radius 1 is 1.39 bits per heavy atom. The molecule has 1 aromatic carbocycles. The zero-order valence-electron chi connectivity index (χ0n) is 11.8. The number of hydrogen-bond acceptors (Lipinski definition) is 1. The van der Waals surface area contributed by atoms with E-state index in [0.29, 0.717) is 12.5 Å². The summed E-state index contributed by atoms with van der Waals surface area (Å²) in [5.74, 6) is -0.364.